The van der Waals surface area contributed by atoms with Crippen LogP contribution in [0.25, 0.3) is 0 Å². The summed E-state index contributed by atoms with van der Waals surface area (Å²) in [6.45, 7) is 4.84. The fraction of sp³-hybridized carbons (Fsp3) is 0.571. The lowest BCUT2D eigenvalue weighted by atomic mass is 9.80. The minimum atomic E-state index is -0.876. The highest BCUT2D eigenvalue weighted by atomic mass is 35.5. The van der Waals surface area contributed by atoms with Crippen LogP contribution in [0.4, 0.5) is 0 Å². The summed E-state index contributed by atoms with van der Waals surface area (Å²) < 4.78 is 0. The van der Waals surface area contributed by atoms with Crippen molar-refractivity contribution in [3.05, 3.63) is 33.8 Å². The van der Waals surface area contributed by atoms with Crippen LogP contribution in [-0.2, 0) is 5.60 Å². The Labute approximate surface area is 132 Å². The van der Waals surface area contributed by atoms with Crippen LogP contribution in [0.3, 0.4) is 0 Å². The van der Waals surface area contributed by atoms with Gasteiger partial charge in [-0.15, -0.1) is 12.4 Å². The molecule has 0 aliphatic carbocycles. The minimum absolute atomic E-state index is 0. The summed E-state index contributed by atoms with van der Waals surface area (Å²) in [5.41, 5.74) is -0.0489. The monoisotopic (exact) mass is 325 g/mol. The zero-order chi connectivity index (χ0) is 13.9. The van der Waals surface area contributed by atoms with Crippen molar-refractivity contribution in [1.82, 2.24) is 4.90 Å². The van der Waals surface area contributed by atoms with Gasteiger partial charge >= 0.3 is 0 Å². The predicted octanol–water partition coefficient (Wildman–Crippen LogP) is 4.21. The molecule has 0 fully saturated rings. The smallest absolute Gasteiger partial charge is 0.0932 e. The first-order chi connectivity index (χ1) is 8.31. The molecule has 0 aromatic heterocycles. The molecule has 1 rings (SSSR count). The van der Waals surface area contributed by atoms with Gasteiger partial charge in [-0.1, -0.05) is 43.1 Å². The molecule has 0 saturated carbocycles. The Hall–Kier alpha value is 0.01000. The third-order valence-corrected chi connectivity index (χ3v) is 4.15. The number of hydrogen-bond donors (Lipinski definition) is 1. The Kier molecular flexibility index (Phi) is 7.71. The van der Waals surface area contributed by atoms with Gasteiger partial charge in [0, 0.05) is 12.5 Å². The fourth-order valence-electron chi connectivity index (χ4n) is 2.30. The van der Waals surface area contributed by atoms with Gasteiger partial charge in [0.25, 0.3) is 0 Å². The normalized spacial score (nSPS) is 15.8. The average molecular weight is 327 g/mol. The molecule has 110 valence electrons. The average Bonchev–Trinajstić information content (AvgIpc) is 2.30. The summed E-state index contributed by atoms with van der Waals surface area (Å²) in [5.74, 6) is 0.106. The molecular weight excluding hydrogens is 305 g/mol. The lowest BCUT2D eigenvalue weighted by molar-refractivity contribution is -0.0291. The van der Waals surface area contributed by atoms with Gasteiger partial charge in [0.1, 0.15) is 0 Å². The van der Waals surface area contributed by atoms with Crippen LogP contribution in [-0.4, -0.2) is 30.6 Å². The number of benzene rings is 1. The molecule has 0 heterocycles. The topological polar surface area (TPSA) is 23.5 Å². The SMILES string of the molecule is CC[C@](O)(c1ccc(Cl)c(Cl)c1)[C@H](C)CN(C)C.Cl. The summed E-state index contributed by atoms with van der Waals surface area (Å²) in [6, 6.07) is 5.35. The maximum Gasteiger partial charge on any atom is 0.0932 e. The van der Waals surface area contributed by atoms with E-state index in [4.69, 9.17) is 23.2 Å². The first kappa shape index (κ1) is 19.0. The van der Waals surface area contributed by atoms with Gasteiger partial charge in [0.2, 0.25) is 0 Å². The highest BCUT2D eigenvalue weighted by molar-refractivity contribution is 6.42. The highest BCUT2D eigenvalue weighted by Crippen LogP contribution is 2.36. The molecule has 2 atom stereocenters. The summed E-state index contributed by atoms with van der Waals surface area (Å²) in [5, 5.41) is 11.9. The first-order valence-corrected chi connectivity index (χ1v) is 6.89. The highest BCUT2D eigenvalue weighted by Gasteiger charge is 2.34. The molecule has 0 aliphatic rings. The Balaban J connectivity index is 0.00000324. The summed E-state index contributed by atoms with van der Waals surface area (Å²) >= 11 is 11.9. The van der Waals surface area contributed by atoms with Gasteiger partial charge in [0.15, 0.2) is 0 Å². The first-order valence-electron chi connectivity index (χ1n) is 6.14. The van der Waals surface area contributed by atoms with E-state index in [1.165, 1.54) is 0 Å². The molecule has 19 heavy (non-hydrogen) atoms. The Morgan fingerprint density at radius 3 is 2.26 bits per heavy atom. The summed E-state index contributed by atoms with van der Waals surface area (Å²) in [7, 11) is 4.00. The molecule has 0 amide bonds. The molecule has 0 bridgehead atoms. The Morgan fingerprint density at radius 1 is 1.26 bits per heavy atom. The van der Waals surface area contributed by atoms with Gasteiger partial charge in [-0.05, 0) is 38.2 Å². The molecule has 1 aromatic carbocycles. The fourth-order valence-corrected chi connectivity index (χ4v) is 2.60. The van der Waals surface area contributed by atoms with Crippen molar-refractivity contribution in [3.8, 4) is 0 Å². The second kappa shape index (κ2) is 7.70. The van der Waals surface area contributed by atoms with Crippen LogP contribution in [0.15, 0.2) is 18.2 Å². The van der Waals surface area contributed by atoms with Crippen LogP contribution >= 0.6 is 35.6 Å². The number of nitrogens with zero attached hydrogens (tertiary/aromatic N) is 1. The number of aliphatic hydroxyl groups is 1. The standard InChI is InChI=1S/C14H21Cl2NO.ClH/c1-5-14(18,10(2)9-17(3)4)11-6-7-12(15)13(16)8-11;/h6-8,10,18H,5,9H2,1-4H3;1H/t10-,14-;/m1./s1. The summed E-state index contributed by atoms with van der Waals surface area (Å²) in [6.07, 6.45) is 0.639. The third kappa shape index (κ3) is 4.51. The lowest BCUT2D eigenvalue weighted by Gasteiger charge is -2.35. The maximum atomic E-state index is 10.9. The molecule has 2 nitrogen and oxygen atoms in total. The Bertz CT molecular complexity index is 412. The van der Waals surface area contributed by atoms with Crippen molar-refractivity contribution >= 4 is 35.6 Å². The third-order valence-electron chi connectivity index (χ3n) is 3.41. The van der Waals surface area contributed by atoms with E-state index in [0.717, 1.165) is 12.1 Å². The zero-order valence-corrected chi connectivity index (χ0v) is 14.1. The summed E-state index contributed by atoms with van der Waals surface area (Å²) in [4.78, 5) is 2.07. The van der Waals surface area contributed by atoms with Gasteiger partial charge < -0.3 is 10.0 Å². The van der Waals surface area contributed by atoms with Crippen LogP contribution in [0, 0.1) is 5.92 Å². The van der Waals surface area contributed by atoms with E-state index < -0.39 is 5.60 Å². The van der Waals surface area contributed by atoms with E-state index in [0.29, 0.717) is 16.5 Å². The maximum absolute atomic E-state index is 10.9. The molecule has 5 heteroatoms. The Morgan fingerprint density at radius 2 is 1.84 bits per heavy atom. The molecule has 0 saturated heterocycles. The zero-order valence-electron chi connectivity index (χ0n) is 11.8. The van der Waals surface area contributed by atoms with E-state index >= 15 is 0 Å². The van der Waals surface area contributed by atoms with Crippen molar-refractivity contribution < 1.29 is 5.11 Å². The number of halogens is 3. The molecule has 1 N–H and O–H groups in total. The van der Waals surface area contributed by atoms with Crippen LogP contribution in [0.5, 0.6) is 0 Å². The van der Waals surface area contributed by atoms with Crippen molar-refractivity contribution in [3.63, 3.8) is 0 Å². The van der Waals surface area contributed by atoms with Crippen LogP contribution in [0.2, 0.25) is 10.0 Å². The van der Waals surface area contributed by atoms with Crippen molar-refractivity contribution in [1.29, 1.82) is 0 Å². The van der Waals surface area contributed by atoms with Crippen molar-refractivity contribution in [2.24, 2.45) is 5.92 Å². The molecule has 0 spiro atoms. The van der Waals surface area contributed by atoms with E-state index in [2.05, 4.69) is 4.90 Å². The molecule has 0 aliphatic heterocycles. The number of rotatable bonds is 5. The second-order valence-electron chi connectivity index (χ2n) is 5.07. The number of hydrogen-bond acceptors (Lipinski definition) is 2. The van der Waals surface area contributed by atoms with Crippen LogP contribution in [0.1, 0.15) is 25.8 Å². The molecular formula is C14H22Cl3NO. The lowest BCUT2D eigenvalue weighted by Crippen LogP contribution is -2.38. The van der Waals surface area contributed by atoms with E-state index in [9.17, 15) is 5.11 Å². The van der Waals surface area contributed by atoms with Crippen molar-refractivity contribution in [2.75, 3.05) is 20.6 Å². The van der Waals surface area contributed by atoms with Crippen LogP contribution < -0.4 is 0 Å². The van der Waals surface area contributed by atoms with E-state index in [1.807, 2.05) is 34.0 Å². The van der Waals surface area contributed by atoms with Gasteiger partial charge in [-0.25, -0.2) is 0 Å². The molecule has 0 unspecified atom stereocenters. The van der Waals surface area contributed by atoms with E-state index in [1.54, 1.807) is 12.1 Å². The molecule has 1 aromatic rings. The second-order valence-corrected chi connectivity index (χ2v) is 5.88. The van der Waals surface area contributed by atoms with Gasteiger partial charge in [0.05, 0.1) is 15.6 Å². The predicted molar refractivity (Wildman–Crippen MR) is 85.6 cm³/mol. The van der Waals surface area contributed by atoms with Gasteiger partial charge in [-0.3, -0.25) is 0 Å². The minimum Gasteiger partial charge on any atom is -0.385 e. The van der Waals surface area contributed by atoms with Gasteiger partial charge in [-0.2, -0.15) is 0 Å². The largest absolute Gasteiger partial charge is 0.385 e. The quantitative estimate of drug-likeness (QED) is 0.876. The molecule has 0 radical (unpaired) electrons. The van der Waals surface area contributed by atoms with E-state index in [-0.39, 0.29) is 18.3 Å². The van der Waals surface area contributed by atoms with Crippen molar-refractivity contribution in [2.45, 2.75) is 25.9 Å².